The first-order chi connectivity index (χ1) is 9.22. The minimum atomic E-state index is 0.277. The molecule has 0 saturated heterocycles. The summed E-state index contributed by atoms with van der Waals surface area (Å²) in [6, 6.07) is 2.00. The summed E-state index contributed by atoms with van der Waals surface area (Å²) in [7, 11) is 1.91. The Morgan fingerprint density at radius 1 is 1.42 bits per heavy atom. The topological polar surface area (TPSA) is 55.6 Å². The quantitative estimate of drug-likeness (QED) is 0.752. The van der Waals surface area contributed by atoms with Crippen LogP contribution in [0, 0.1) is 0 Å². The average Bonchev–Trinajstić information content (AvgIpc) is 2.98. The second-order valence-corrected chi connectivity index (χ2v) is 5.41. The number of hydrogen-bond acceptors (Lipinski definition) is 5. The maximum Gasteiger partial charge on any atom is 0.225 e. The van der Waals surface area contributed by atoms with Gasteiger partial charge in [-0.1, -0.05) is 0 Å². The third-order valence-electron chi connectivity index (χ3n) is 2.76. The molecule has 98 valence electrons. The van der Waals surface area contributed by atoms with E-state index in [2.05, 4.69) is 20.4 Å². The predicted molar refractivity (Wildman–Crippen MR) is 77.8 cm³/mol. The Morgan fingerprint density at radius 2 is 2.32 bits per heavy atom. The van der Waals surface area contributed by atoms with Crippen LogP contribution in [-0.2, 0) is 13.5 Å². The van der Waals surface area contributed by atoms with E-state index in [1.165, 1.54) is 5.56 Å². The molecule has 3 rings (SSSR count). The van der Waals surface area contributed by atoms with Gasteiger partial charge in [0.1, 0.15) is 10.6 Å². The van der Waals surface area contributed by atoms with Crippen LogP contribution in [-0.4, -0.2) is 26.3 Å². The van der Waals surface area contributed by atoms with Gasteiger partial charge in [-0.05, 0) is 35.0 Å². The molecule has 0 bridgehead atoms. The van der Waals surface area contributed by atoms with Gasteiger partial charge in [0.15, 0.2) is 0 Å². The molecule has 0 aliphatic carbocycles. The lowest BCUT2D eigenvalue weighted by Crippen LogP contribution is -2.06. The summed E-state index contributed by atoms with van der Waals surface area (Å²) < 4.78 is 1.80. The van der Waals surface area contributed by atoms with Crippen molar-refractivity contribution in [1.82, 2.24) is 19.7 Å². The highest BCUT2D eigenvalue weighted by Gasteiger charge is 2.07. The highest BCUT2D eigenvalue weighted by Crippen LogP contribution is 2.26. The SMILES string of the molecule is Cn1cc(CCNc2nc(Cl)nc3sccc23)cn1. The molecule has 7 heteroatoms. The van der Waals surface area contributed by atoms with Crippen LogP contribution >= 0.6 is 22.9 Å². The minimum Gasteiger partial charge on any atom is -0.369 e. The number of fused-ring (bicyclic) bond motifs is 1. The molecular weight excluding hydrogens is 282 g/mol. The highest BCUT2D eigenvalue weighted by atomic mass is 35.5. The molecule has 3 heterocycles. The van der Waals surface area contributed by atoms with Gasteiger partial charge in [0, 0.05) is 19.8 Å². The fourth-order valence-electron chi connectivity index (χ4n) is 1.89. The predicted octanol–water partition coefficient (Wildman–Crippen LogP) is 2.73. The molecule has 0 fully saturated rings. The number of nitrogens with one attached hydrogen (secondary N) is 1. The Hall–Kier alpha value is -1.66. The summed E-state index contributed by atoms with van der Waals surface area (Å²) >= 11 is 7.47. The zero-order valence-corrected chi connectivity index (χ0v) is 11.9. The molecule has 0 atom stereocenters. The number of aryl methyl sites for hydroxylation is 1. The fourth-order valence-corrected chi connectivity index (χ4v) is 2.87. The molecule has 19 heavy (non-hydrogen) atoms. The normalized spacial score (nSPS) is 11.1. The summed E-state index contributed by atoms with van der Waals surface area (Å²) in [5.41, 5.74) is 1.19. The van der Waals surface area contributed by atoms with Gasteiger partial charge < -0.3 is 5.32 Å². The number of aromatic nitrogens is 4. The molecule has 0 unspecified atom stereocenters. The van der Waals surface area contributed by atoms with E-state index in [4.69, 9.17) is 11.6 Å². The summed E-state index contributed by atoms with van der Waals surface area (Å²) in [5.74, 6) is 0.792. The van der Waals surface area contributed by atoms with E-state index in [1.807, 2.05) is 30.9 Å². The zero-order valence-electron chi connectivity index (χ0n) is 10.3. The van der Waals surface area contributed by atoms with Crippen molar-refractivity contribution >= 4 is 39.0 Å². The van der Waals surface area contributed by atoms with Crippen molar-refractivity contribution in [2.75, 3.05) is 11.9 Å². The largest absolute Gasteiger partial charge is 0.369 e. The molecule has 0 aliphatic rings. The van der Waals surface area contributed by atoms with Crippen LogP contribution in [0.1, 0.15) is 5.56 Å². The third-order valence-corrected chi connectivity index (χ3v) is 3.74. The number of halogens is 1. The molecule has 0 saturated carbocycles. The molecule has 0 aromatic carbocycles. The van der Waals surface area contributed by atoms with E-state index in [-0.39, 0.29) is 5.28 Å². The Morgan fingerprint density at radius 3 is 3.11 bits per heavy atom. The lowest BCUT2D eigenvalue weighted by Gasteiger charge is -2.06. The van der Waals surface area contributed by atoms with Crippen molar-refractivity contribution in [3.8, 4) is 0 Å². The molecule has 0 spiro atoms. The maximum atomic E-state index is 5.91. The Kier molecular flexibility index (Phi) is 3.35. The van der Waals surface area contributed by atoms with E-state index < -0.39 is 0 Å². The lowest BCUT2D eigenvalue weighted by atomic mass is 10.2. The minimum absolute atomic E-state index is 0.277. The molecule has 3 aromatic rings. The molecule has 0 aliphatic heterocycles. The molecule has 5 nitrogen and oxygen atoms in total. The lowest BCUT2D eigenvalue weighted by molar-refractivity contribution is 0.767. The Labute approximate surface area is 119 Å². The van der Waals surface area contributed by atoms with E-state index >= 15 is 0 Å². The molecular formula is C12H12ClN5S. The van der Waals surface area contributed by atoms with Crippen LogP contribution in [0.5, 0.6) is 0 Å². The monoisotopic (exact) mass is 293 g/mol. The van der Waals surface area contributed by atoms with Crippen molar-refractivity contribution in [2.45, 2.75) is 6.42 Å². The van der Waals surface area contributed by atoms with Crippen LogP contribution in [0.4, 0.5) is 5.82 Å². The van der Waals surface area contributed by atoms with Crippen LogP contribution in [0.3, 0.4) is 0 Å². The van der Waals surface area contributed by atoms with Gasteiger partial charge in [-0.3, -0.25) is 4.68 Å². The summed E-state index contributed by atoms with van der Waals surface area (Å²) in [6.07, 6.45) is 4.77. The van der Waals surface area contributed by atoms with Crippen molar-refractivity contribution < 1.29 is 0 Å². The summed E-state index contributed by atoms with van der Waals surface area (Å²) in [4.78, 5) is 9.33. The molecule has 0 amide bonds. The van der Waals surface area contributed by atoms with Crippen molar-refractivity contribution in [2.24, 2.45) is 7.05 Å². The van der Waals surface area contributed by atoms with Gasteiger partial charge in [-0.25, -0.2) is 9.97 Å². The van der Waals surface area contributed by atoms with Gasteiger partial charge in [-0.2, -0.15) is 5.10 Å². The van der Waals surface area contributed by atoms with Crippen LogP contribution in [0.25, 0.3) is 10.2 Å². The van der Waals surface area contributed by atoms with E-state index in [1.54, 1.807) is 16.0 Å². The smallest absolute Gasteiger partial charge is 0.225 e. The number of nitrogens with zero attached hydrogens (tertiary/aromatic N) is 4. The second kappa shape index (κ2) is 5.14. The third kappa shape index (κ3) is 2.69. The zero-order chi connectivity index (χ0) is 13.2. The van der Waals surface area contributed by atoms with E-state index in [9.17, 15) is 0 Å². The van der Waals surface area contributed by atoms with Gasteiger partial charge in [-0.15, -0.1) is 11.3 Å². The fraction of sp³-hybridized carbons (Fsp3) is 0.250. The average molecular weight is 294 g/mol. The van der Waals surface area contributed by atoms with Crippen molar-refractivity contribution in [1.29, 1.82) is 0 Å². The Bertz CT molecular complexity index is 705. The Balaban J connectivity index is 1.73. The van der Waals surface area contributed by atoms with Gasteiger partial charge in [0.25, 0.3) is 0 Å². The first kappa shape index (κ1) is 12.4. The number of hydrogen-bond donors (Lipinski definition) is 1. The van der Waals surface area contributed by atoms with Crippen LogP contribution in [0.15, 0.2) is 23.8 Å². The summed E-state index contributed by atoms with van der Waals surface area (Å²) in [5, 5.41) is 10.7. The number of rotatable bonds is 4. The van der Waals surface area contributed by atoms with Crippen molar-refractivity contribution in [3.63, 3.8) is 0 Å². The number of anilines is 1. The highest BCUT2D eigenvalue weighted by molar-refractivity contribution is 7.16. The first-order valence-corrected chi connectivity index (χ1v) is 7.10. The van der Waals surface area contributed by atoms with Gasteiger partial charge in [0.2, 0.25) is 5.28 Å². The molecule has 1 N–H and O–H groups in total. The van der Waals surface area contributed by atoms with Crippen LogP contribution < -0.4 is 5.32 Å². The van der Waals surface area contributed by atoms with E-state index in [0.29, 0.717) is 0 Å². The van der Waals surface area contributed by atoms with Crippen molar-refractivity contribution in [3.05, 3.63) is 34.7 Å². The second-order valence-electron chi connectivity index (χ2n) is 4.18. The summed E-state index contributed by atoms with van der Waals surface area (Å²) in [6.45, 7) is 0.782. The van der Waals surface area contributed by atoms with E-state index in [0.717, 1.165) is 29.0 Å². The van der Waals surface area contributed by atoms with Gasteiger partial charge in [0.05, 0.1) is 11.6 Å². The molecule has 0 radical (unpaired) electrons. The standard InChI is InChI=1S/C12H12ClN5S/c1-18-7-8(6-15-18)2-4-14-10-9-3-5-19-11(9)17-12(13)16-10/h3,5-7H,2,4H2,1H3,(H,14,16,17). The van der Waals surface area contributed by atoms with Gasteiger partial charge >= 0.3 is 0 Å². The number of thiophene rings is 1. The first-order valence-electron chi connectivity index (χ1n) is 5.84. The maximum absolute atomic E-state index is 5.91. The van der Waals surface area contributed by atoms with Crippen LogP contribution in [0.2, 0.25) is 5.28 Å². The molecule has 3 aromatic heterocycles.